The van der Waals surface area contributed by atoms with Gasteiger partial charge >= 0.3 is 5.97 Å². The molecule has 0 bridgehead atoms. The van der Waals surface area contributed by atoms with Crippen LogP contribution in [0.1, 0.15) is 40.0 Å². The Kier molecular flexibility index (Phi) is 3.77. The maximum Gasteiger partial charge on any atom is 0.335 e. The number of carboxylic acids is 1. The van der Waals surface area contributed by atoms with Crippen LogP contribution in [0.2, 0.25) is 0 Å². The molecule has 0 spiro atoms. The Morgan fingerprint density at radius 3 is 2.80 bits per heavy atom. The van der Waals surface area contributed by atoms with Crippen molar-refractivity contribution in [3.05, 3.63) is 62.5 Å². The number of rotatable bonds is 3. The molecular formula is C19H16N2O3S. The third-order valence-electron chi connectivity index (χ3n) is 4.44. The van der Waals surface area contributed by atoms with E-state index >= 15 is 0 Å². The molecule has 0 fully saturated rings. The Hall–Kier alpha value is -2.73. The minimum atomic E-state index is -0.939. The standard InChI is InChI=1S/C19H16N2O3S/c1-2-14-10-15-17(25-14)20-16-13(7-8-21(16)18(15)22)9-11-3-5-12(6-4-11)19(23)24/h3-6,9-10H,2,7-8H2,1H3,(H,23,24)/b13-9-. The lowest BCUT2D eigenvalue weighted by molar-refractivity contribution is 0.0697. The summed E-state index contributed by atoms with van der Waals surface area (Å²) in [6.45, 7) is 2.70. The average Bonchev–Trinajstić information content (AvgIpc) is 3.20. The van der Waals surface area contributed by atoms with Crippen LogP contribution >= 0.6 is 11.3 Å². The van der Waals surface area contributed by atoms with Crippen molar-refractivity contribution in [3.63, 3.8) is 0 Å². The average molecular weight is 352 g/mol. The van der Waals surface area contributed by atoms with Gasteiger partial charge in [-0.15, -0.1) is 11.3 Å². The number of allylic oxidation sites excluding steroid dienone is 1. The molecule has 1 aliphatic heterocycles. The first-order valence-electron chi connectivity index (χ1n) is 8.14. The molecule has 0 atom stereocenters. The number of nitrogens with zero attached hydrogens (tertiary/aromatic N) is 2. The normalized spacial score (nSPS) is 15.0. The summed E-state index contributed by atoms with van der Waals surface area (Å²) in [4.78, 5) is 30.3. The molecule has 0 aliphatic carbocycles. The summed E-state index contributed by atoms with van der Waals surface area (Å²) in [5.74, 6) is -0.213. The third kappa shape index (κ3) is 2.68. The highest BCUT2D eigenvalue weighted by Gasteiger charge is 2.22. The Balaban J connectivity index is 1.79. The van der Waals surface area contributed by atoms with Crippen molar-refractivity contribution in [2.45, 2.75) is 26.3 Å². The van der Waals surface area contributed by atoms with Gasteiger partial charge in [0, 0.05) is 11.4 Å². The summed E-state index contributed by atoms with van der Waals surface area (Å²) in [5, 5.41) is 9.69. The summed E-state index contributed by atoms with van der Waals surface area (Å²) in [7, 11) is 0. The molecule has 1 aromatic carbocycles. The fraction of sp³-hybridized carbons (Fsp3) is 0.211. The summed E-state index contributed by atoms with van der Waals surface area (Å²) in [6, 6.07) is 8.67. The Labute approximate surface area is 147 Å². The van der Waals surface area contributed by atoms with E-state index in [1.54, 1.807) is 40.2 Å². The third-order valence-corrected chi connectivity index (χ3v) is 5.61. The molecule has 2 aromatic heterocycles. The predicted molar refractivity (Wildman–Crippen MR) is 99.1 cm³/mol. The van der Waals surface area contributed by atoms with Crippen LogP contribution in [0.4, 0.5) is 0 Å². The molecule has 6 heteroatoms. The van der Waals surface area contributed by atoms with E-state index < -0.39 is 5.97 Å². The number of hydrogen-bond acceptors (Lipinski definition) is 4. The van der Waals surface area contributed by atoms with E-state index in [0.717, 1.165) is 34.6 Å². The van der Waals surface area contributed by atoms with Gasteiger partial charge in [-0.05, 0) is 48.3 Å². The van der Waals surface area contributed by atoms with E-state index in [4.69, 9.17) is 10.1 Å². The highest BCUT2D eigenvalue weighted by Crippen LogP contribution is 2.30. The molecule has 3 heterocycles. The van der Waals surface area contributed by atoms with Crippen LogP contribution < -0.4 is 5.56 Å². The number of hydrogen-bond donors (Lipinski definition) is 1. The van der Waals surface area contributed by atoms with Gasteiger partial charge in [0.2, 0.25) is 0 Å². The highest BCUT2D eigenvalue weighted by atomic mass is 32.1. The molecule has 3 aromatic rings. The van der Waals surface area contributed by atoms with Gasteiger partial charge in [0.25, 0.3) is 5.56 Å². The highest BCUT2D eigenvalue weighted by molar-refractivity contribution is 7.18. The molecule has 0 saturated carbocycles. The van der Waals surface area contributed by atoms with Crippen molar-refractivity contribution in [1.82, 2.24) is 9.55 Å². The molecule has 0 radical (unpaired) electrons. The lowest BCUT2D eigenvalue weighted by Crippen LogP contribution is -2.19. The molecule has 1 aliphatic rings. The Morgan fingerprint density at radius 1 is 1.36 bits per heavy atom. The van der Waals surface area contributed by atoms with Crippen molar-refractivity contribution in [2.24, 2.45) is 0 Å². The van der Waals surface area contributed by atoms with E-state index in [9.17, 15) is 9.59 Å². The molecule has 25 heavy (non-hydrogen) atoms. The maximum atomic E-state index is 12.7. The van der Waals surface area contributed by atoms with E-state index in [0.29, 0.717) is 11.9 Å². The Bertz CT molecular complexity index is 1070. The second kappa shape index (κ2) is 5.97. The second-order valence-electron chi connectivity index (χ2n) is 6.02. The number of fused-ring (bicyclic) bond motifs is 2. The van der Waals surface area contributed by atoms with Gasteiger partial charge in [-0.2, -0.15) is 0 Å². The minimum Gasteiger partial charge on any atom is -0.478 e. The van der Waals surface area contributed by atoms with Gasteiger partial charge in [-0.25, -0.2) is 9.78 Å². The molecule has 5 nitrogen and oxygen atoms in total. The zero-order valence-corrected chi connectivity index (χ0v) is 14.5. The SMILES string of the molecule is CCc1cc2c(=O)n3c(nc2s1)/C(=C\c1ccc(C(=O)O)cc1)CC3. The number of aryl methyl sites for hydroxylation is 1. The van der Waals surface area contributed by atoms with E-state index in [1.165, 1.54) is 4.88 Å². The van der Waals surface area contributed by atoms with Gasteiger partial charge in [-0.1, -0.05) is 19.1 Å². The van der Waals surface area contributed by atoms with Crippen LogP contribution in [0.5, 0.6) is 0 Å². The summed E-state index contributed by atoms with van der Waals surface area (Å²) < 4.78 is 1.74. The van der Waals surface area contributed by atoms with Crippen LogP contribution in [0, 0.1) is 0 Å². The predicted octanol–water partition coefficient (Wildman–Crippen LogP) is 3.66. The molecule has 1 N–H and O–H groups in total. The molecule has 126 valence electrons. The van der Waals surface area contributed by atoms with Gasteiger partial charge in [0.05, 0.1) is 10.9 Å². The zero-order valence-electron chi connectivity index (χ0n) is 13.7. The lowest BCUT2D eigenvalue weighted by atomic mass is 10.1. The van der Waals surface area contributed by atoms with E-state index in [1.807, 2.05) is 12.1 Å². The summed E-state index contributed by atoms with van der Waals surface area (Å²) in [5.41, 5.74) is 2.20. The number of benzene rings is 1. The molecule has 0 unspecified atom stereocenters. The molecule has 4 rings (SSSR count). The quantitative estimate of drug-likeness (QED) is 0.781. The molecular weight excluding hydrogens is 336 g/mol. The van der Waals surface area contributed by atoms with Crippen molar-refractivity contribution >= 4 is 39.2 Å². The number of aromatic carboxylic acids is 1. The van der Waals surface area contributed by atoms with Crippen molar-refractivity contribution < 1.29 is 9.90 Å². The number of thiophene rings is 1. The van der Waals surface area contributed by atoms with E-state index in [-0.39, 0.29) is 11.1 Å². The fourth-order valence-electron chi connectivity index (χ4n) is 3.10. The van der Waals surface area contributed by atoms with Crippen LogP contribution in [-0.4, -0.2) is 20.6 Å². The van der Waals surface area contributed by atoms with Crippen molar-refractivity contribution in [1.29, 1.82) is 0 Å². The first kappa shape index (κ1) is 15.8. The van der Waals surface area contributed by atoms with Crippen molar-refractivity contribution in [2.75, 3.05) is 0 Å². The van der Waals surface area contributed by atoms with Gasteiger partial charge < -0.3 is 5.11 Å². The van der Waals surface area contributed by atoms with Crippen LogP contribution in [-0.2, 0) is 13.0 Å². The van der Waals surface area contributed by atoms with Crippen LogP contribution in [0.25, 0.3) is 21.9 Å². The molecule has 0 saturated heterocycles. The number of carboxylic acid groups (broad SMARTS) is 1. The largest absolute Gasteiger partial charge is 0.478 e. The topological polar surface area (TPSA) is 72.2 Å². The van der Waals surface area contributed by atoms with Gasteiger partial charge in [0.1, 0.15) is 10.7 Å². The first-order valence-corrected chi connectivity index (χ1v) is 8.96. The second-order valence-corrected chi connectivity index (χ2v) is 7.14. The fourth-order valence-corrected chi connectivity index (χ4v) is 4.05. The van der Waals surface area contributed by atoms with E-state index in [2.05, 4.69) is 6.92 Å². The van der Waals surface area contributed by atoms with Crippen LogP contribution in [0.3, 0.4) is 0 Å². The zero-order chi connectivity index (χ0) is 17.6. The first-order chi connectivity index (χ1) is 12.1. The minimum absolute atomic E-state index is 0.0283. The summed E-state index contributed by atoms with van der Waals surface area (Å²) >= 11 is 1.57. The van der Waals surface area contributed by atoms with Crippen molar-refractivity contribution in [3.8, 4) is 0 Å². The van der Waals surface area contributed by atoms with Gasteiger partial charge in [-0.3, -0.25) is 9.36 Å². The van der Waals surface area contributed by atoms with Gasteiger partial charge in [0.15, 0.2) is 0 Å². The monoisotopic (exact) mass is 352 g/mol. The summed E-state index contributed by atoms with van der Waals surface area (Å²) in [6.07, 6.45) is 3.63. The smallest absolute Gasteiger partial charge is 0.335 e. The number of aromatic nitrogens is 2. The maximum absolute atomic E-state index is 12.7. The number of carbonyl (C=O) groups is 1. The van der Waals surface area contributed by atoms with Crippen LogP contribution in [0.15, 0.2) is 35.1 Å². The Morgan fingerprint density at radius 2 is 2.12 bits per heavy atom. The molecule has 0 amide bonds. The lowest BCUT2D eigenvalue weighted by Gasteiger charge is -2.03.